The van der Waals surface area contributed by atoms with E-state index in [-0.39, 0.29) is 11.4 Å². The van der Waals surface area contributed by atoms with E-state index in [0.29, 0.717) is 11.4 Å². The molecule has 0 atom stereocenters. The van der Waals surface area contributed by atoms with Crippen LogP contribution in [0.15, 0.2) is 83.8 Å². The highest BCUT2D eigenvalue weighted by molar-refractivity contribution is 7.92. The Morgan fingerprint density at radius 2 is 1.46 bits per heavy atom. The minimum absolute atomic E-state index is 0.260. The molecule has 4 nitrogen and oxygen atoms in total. The summed E-state index contributed by atoms with van der Waals surface area (Å²) in [5.74, 6) is 0.682. The van der Waals surface area contributed by atoms with Crippen LogP contribution in [0.3, 0.4) is 0 Å². The van der Waals surface area contributed by atoms with Gasteiger partial charge in [0.05, 0.1) is 24.2 Å². The average Bonchev–Trinajstić information content (AvgIpc) is 2.68. The fourth-order valence-corrected chi connectivity index (χ4v) is 4.19. The zero-order valence-electron chi connectivity index (χ0n) is 14.8. The average molecular weight is 367 g/mol. The van der Waals surface area contributed by atoms with Gasteiger partial charge >= 0.3 is 0 Å². The van der Waals surface area contributed by atoms with E-state index in [0.717, 1.165) is 11.1 Å². The highest BCUT2D eigenvalue weighted by Crippen LogP contribution is 2.28. The molecule has 0 saturated heterocycles. The molecule has 26 heavy (non-hydrogen) atoms. The van der Waals surface area contributed by atoms with Crippen LogP contribution in [0.4, 0.5) is 5.69 Å². The highest BCUT2D eigenvalue weighted by Gasteiger charge is 2.25. The number of hydrogen-bond donors (Lipinski definition) is 0. The van der Waals surface area contributed by atoms with Crippen LogP contribution < -0.4 is 9.04 Å². The minimum Gasteiger partial charge on any atom is -0.497 e. The molecule has 0 fully saturated rings. The highest BCUT2D eigenvalue weighted by atomic mass is 32.2. The van der Waals surface area contributed by atoms with Crippen molar-refractivity contribution in [1.29, 1.82) is 0 Å². The molecule has 0 bridgehead atoms. The summed E-state index contributed by atoms with van der Waals surface area (Å²) in [5.41, 5.74) is 2.61. The van der Waals surface area contributed by atoms with Crippen molar-refractivity contribution in [3.8, 4) is 5.75 Å². The van der Waals surface area contributed by atoms with E-state index in [9.17, 15) is 8.42 Å². The molecule has 0 aliphatic heterocycles. The first-order valence-electron chi connectivity index (χ1n) is 8.29. The maximum atomic E-state index is 13.3. The Hall–Kier alpha value is -2.79. The number of hydrogen-bond acceptors (Lipinski definition) is 3. The molecule has 0 aliphatic rings. The van der Waals surface area contributed by atoms with Crippen LogP contribution in [0.2, 0.25) is 0 Å². The number of anilines is 1. The second kappa shape index (κ2) is 7.62. The predicted octanol–water partition coefficient (Wildman–Crippen LogP) is 4.40. The van der Waals surface area contributed by atoms with Gasteiger partial charge in [0.2, 0.25) is 0 Å². The summed E-state index contributed by atoms with van der Waals surface area (Å²) in [7, 11) is -2.11. The molecular formula is C21H21NO3S. The van der Waals surface area contributed by atoms with Crippen molar-refractivity contribution < 1.29 is 13.2 Å². The van der Waals surface area contributed by atoms with Crippen molar-refractivity contribution in [3.63, 3.8) is 0 Å². The number of ether oxygens (including phenoxy) is 1. The second-order valence-electron chi connectivity index (χ2n) is 5.95. The summed E-state index contributed by atoms with van der Waals surface area (Å²) in [5, 5.41) is 0. The van der Waals surface area contributed by atoms with Crippen LogP contribution in [0.5, 0.6) is 5.75 Å². The summed E-state index contributed by atoms with van der Waals surface area (Å²) in [6.45, 7) is 2.24. The molecule has 3 rings (SSSR count). The van der Waals surface area contributed by atoms with E-state index in [4.69, 9.17) is 4.74 Å². The van der Waals surface area contributed by atoms with Crippen LogP contribution in [-0.2, 0) is 16.6 Å². The molecule has 0 aromatic heterocycles. The van der Waals surface area contributed by atoms with E-state index >= 15 is 0 Å². The van der Waals surface area contributed by atoms with E-state index in [2.05, 4.69) is 0 Å². The lowest BCUT2D eigenvalue weighted by Gasteiger charge is -2.25. The smallest absolute Gasteiger partial charge is 0.264 e. The monoisotopic (exact) mass is 367 g/mol. The molecule has 0 unspecified atom stereocenters. The fourth-order valence-electron chi connectivity index (χ4n) is 2.73. The van der Waals surface area contributed by atoms with Crippen LogP contribution in [0, 0.1) is 6.92 Å². The molecular weight excluding hydrogens is 346 g/mol. The van der Waals surface area contributed by atoms with Gasteiger partial charge in [-0.2, -0.15) is 0 Å². The van der Waals surface area contributed by atoms with Gasteiger partial charge in [-0.15, -0.1) is 0 Å². The Kier molecular flexibility index (Phi) is 5.28. The standard InChI is InChI=1S/C21H21NO3S/c1-17-8-6-7-9-18(17)16-22(19-12-14-20(25-2)15-13-19)26(23,24)21-10-4-3-5-11-21/h3-15H,16H2,1-2H3. The van der Waals surface area contributed by atoms with Crippen molar-refractivity contribution >= 4 is 15.7 Å². The number of rotatable bonds is 6. The molecule has 0 heterocycles. The van der Waals surface area contributed by atoms with Gasteiger partial charge in [0, 0.05) is 0 Å². The Labute approximate surface area is 154 Å². The number of aryl methyl sites for hydroxylation is 1. The number of benzene rings is 3. The first-order chi connectivity index (χ1) is 12.5. The van der Waals surface area contributed by atoms with Gasteiger partial charge in [-0.25, -0.2) is 8.42 Å². The van der Waals surface area contributed by atoms with Crippen molar-refractivity contribution in [1.82, 2.24) is 0 Å². The number of nitrogens with zero attached hydrogens (tertiary/aromatic N) is 1. The predicted molar refractivity (Wildman–Crippen MR) is 104 cm³/mol. The van der Waals surface area contributed by atoms with Crippen LogP contribution >= 0.6 is 0 Å². The summed E-state index contributed by atoms with van der Waals surface area (Å²) in [4.78, 5) is 0.268. The van der Waals surface area contributed by atoms with Gasteiger partial charge in [0.1, 0.15) is 5.75 Å². The molecule has 0 aliphatic carbocycles. The molecule has 3 aromatic carbocycles. The third kappa shape index (κ3) is 3.73. The zero-order valence-corrected chi connectivity index (χ0v) is 15.6. The van der Waals surface area contributed by atoms with Crippen molar-refractivity contribution in [3.05, 3.63) is 90.0 Å². The Bertz CT molecular complexity index is 968. The Morgan fingerprint density at radius 3 is 2.08 bits per heavy atom. The maximum absolute atomic E-state index is 13.3. The van der Waals surface area contributed by atoms with Gasteiger partial charge in [-0.1, -0.05) is 42.5 Å². The third-order valence-electron chi connectivity index (χ3n) is 4.27. The quantitative estimate of drug-likeness (QED) is 0.649. The summed E-state index contributed by atoms with van der Waals surface area (Å²) in [6, 6.07) is 23.3. The van der Waals surface area contributed by atoms with Crippen LogP contribution in [0.1, 0.15) is 11.1 Å². The lowest BCUT2D eigenvalue weighted by Crippen LogP contribution is -2.30. The second-order valence-corrected chi connectivity index (χ2v) is 7.81. The molecule has 0 radical (unpaired) electrons. The minimum atomic E-state index is -3.70. The molecule has 0 spiro atoms. The molecule has 0 amide bonds. The van der Waals surface area contributed by atoms with Gasteiger partial charge in [0.25, 0.3) is 10.0 Å². The SMILES string of the molecule is COc1ccc(N(Cc2ccccc2C)S(=O)(=O)c2ccccc2)cc1. The largest absolute Gasteiger partial charge is 0.497 e. The molecule has 0 saturated carbocycles. The first kappa shape index (κ1) is 18.0. The summed E-state index contributed by atoms with van der Waals surface area (Å²) in [6.07, 6.45) is 0. The third-order valence-corrected chi connectivity index (χ3v) is 6.05. The zero-order chi connectivity index (χ0) is 18.6. The van der Waals surface area contributed by atoms with Crippen LogP contribution in [0.25, 0.3) is 0 Å². The van der Waals surface area contributed by atoms with E-state index in [1.54, 1.807) is 61.7 Å². The Balaban J connectivity index is 2.08. The van der Waals surface area contributed by atoms with E-state index in [1.807, 2.05) is 31.2 Å². The van der Waals surface area contributed by atoms with Gasteiger partial charge in [0.15, 0.2) is 0 Å². The fraction of sp³-hybridized carbons (Fsp3) is 0.143. The summed E-state index contributed by atoms with van der Waals surface area (Å²) >= 11 is 0. The number of methoxy groups -OCH3 is 1. The lowest BCUT2D eigenvalue weighted by molar-refractivity contribution is 0.415. The number of sulfonamides is 1. The topological polar surface area (TPSA) is 46.6 Å². The van der Waals surface area contributed by atoms with Gasteiger partial charge < -0.3 is 4.74 Å². The van der Waals surface area contributed by atoms with Crippen molar-refractivity contribution in [2.75, 3.05) is 11.4 Å². The first-order valence-corrected chi connectivity index (χ1v) is 9.73. The lowest BCUT2D eigenvalue weighted by atomic mass is 10.1. The summed E-state index contributed by atoms with van der Waals surface area (Å²) < 4.78 is 33.2. The molecule has 0 N–H and O–H groups in total. The van der Waals surface area contributed by atoms with Crippen LogP contribution in [-0.4, -0.2) is 15.5 Å². The maximum Gasteiger partial charge on any atom is 0.264 e. The molecule has 134 valence electrons. The van der Waals surface area contributed by atoms with Crippen molar-refractivity contribution in [2.24, 2.45) is 0 Å². The normalized spacial score (nSPS) is 11.2. The van der Waals surface area contributed by atoms with Gasteiger partial charge in [-0.05, 0) is 54.4 Å². The van der Waals surface area contributed by atoms with E-state index < -0.39 is 10.0 Å². The molecule has 3 aromatic rings. The van der Waals surface area contributed by atoms with Crippen molar-refractivity contribution in [2.45, 2.75) is 18.4 Å². The van der Waals surface area contributed by atoms with E-state index in [1.165, 1.54) is 4.31 Å². The molecule has 5 heteroatoms. The Morgan fingerprint density at radius 1 is 0.846 bits per heavy atom. The van der Waals surface area contributed by atoms with Gasteiger partial charge in [-0.3, -0.25) is 4.31 Å².